The molecule has 0 aliphatic heterocycles. The van der Waals surface area contributed by atoms with Gasteiger partial charge in [-0.05, 0) is 42.0 Å². The molecule has 0 saturated carbocycles. The van der Waals surface area contributed by atoms with Crippen molar-refractivity contribution in [3.05, 3.63) is 59.1 Å². The van der Waals surface area contributed by atoms with Crippen LogP contribution in [0.25, 0.3) is 6.08 Å². The molecule has 5 nitrogen and oxygen atoms in total. The third-order valence-electron chi connectivity index (χ3n) is 3.07. The number of anilines is 2. The molecule has 0 bridgehead atoms. The highest BCUT2D eigenvalue weighted by Crippen LogP contribution is 2.28. The number of hydrogen-bond donors (Lipinski definition) is 2. The molecule has 0 aliphatic rings. The Morgan fingerprint density at radius 3 is 2.42 bits per heavy atom. The Morgan fingerprint density at radius 1 is 1.08 bits per heavy atom. The lowest BCUT2D eigenvalue weighted by molar-refractivity contribution is -0.114. The van der Waals surface area contributed by atoms with Crippen LogP contribution >= 0.6 is 11.6 Å². The van der Waals surface area contributed by atoms with Gasteiger partial charge in [0, 0.05) is 23.7 Å². The predicted molar refractivity (Wildman–Crippen MR) is 96.4 cm³/mol. The van der Waals surface area contributed by atoms with Gasteiger partial charge in [-0.3, -0.25) is 9.59 Å². The summed E-state index contributed by atoms with van der Waals surface area (Å²) in [6, 6.07) is 12.1. The summed E-state index contributed by atoms with van der Waals surface area (Å²) in [5, 5.41) is 6.02. The number of nitrogens with one attached hydrogen (secondary N) is 2. The molecule has 2 aromatic carbocycles. The molecule has 2 amide bonds. The molecule has 0 spiro atoms. The molecular weight excluding hydrogens is 328 g/mol. The lowest BCUT2D eigenvalue weighted by Gasteiger charge is -2.11. The van der Waals surface area contributed by atoms with Gasteiger partial charge in [-0.15, -0.1) is 0 Å². The van der Waals surface area contributed by atoms with Crippen molar-refractivity contribution in [2.75, 3.05) is 17.7 Å². The van der Waals surface area contributed by atoms with E-state index in [0.717, 1.165) is 5.56 Å². The summed E-state index contributed by atoms with van der Waals surface area (Å²) in [4.78, 5) is 23.2. The number of carbonyl (C=O) groups is 2. The molecule has 0 unspecified atom stereocenters. The van der Waals surface area contributed by atoms with Crippen molar-refractivity contribution in [1.29, 1.82) is 0 Å². The van der Waals surface area contributed by atoms with Crippen LogP contribution in [0.3, 0.4) is 0 Å². The standard InChI is InChI=1S/C18H17ClN2O3/c1-12(22)20-15-8-9-17(24-2)16(11-15)21-18(23)10-5-13-3-6-14(19)7-4-13/h3-11H,1-2H3,(H,20,22)(H,21,23)/b10-5+. The number of halogens is 1. The molecule has 2 aromatic rings. The lowest BCUT2D eigenvalue weighted by atomic mass is 10.2. The van der Waals surface area contributed by atoms with Crippen LogP contribution in [0.15, 0.2) is 48.5 Å². The number of benzene rings is 2. The summed E-state index contributed by atoms with van der Waals surface area (Å²) in [5.41, 5.74) is 1.89. The summed E-state index contributed by atoms with van der Waals surface area (Å²) in [6.07, 6.45) is 3.09. The summed E-state index contributed by atoms with van der Waals surface area (Å²) >= 11 is 5.82. The van der Waals surface area contributed by atoms with E-state index in [1.54, 1.807) is 36.4 Å². The average molecular weight is 345 g/mol. The minimum Gasteiger partial charge on any atom is -0.495 e. The molecule has 0 atom stereocenters. The van der Waals surface area contributed by atoms with Gasteiger partial charge in [0.2, 0.25) is 11.8 Å². The lowest BCUT2D eigenvalue weighted by Crippen LogP contribution is -2.10. The SMILES string of the molecule is COc1ccc(NC(C)=O)cc1NC(=O)/C=C/c1ccc(Cl)cc1. The van der Waals surface area contributed by atoms with E-state index in [-0.39, 0.29) is 11.8 Å². The smallest absolute Gasteiger partial charge is 0.248 e. The third-order valence-corrected chi connectivity index (χ3v) is 3.33. The molecule has 0 heterocycles. The highest BCUT2D eigenvalue weighted by atomic mass is 35.5. The molecule has 124 valence electrons. The van der Waals surface area contributed by atoms with E-state index in [9.17, 15) is 9.59 Å². The fourth-order valence-corrected chi connectivity index (χ4v) is 2.13. The van der Waals surface area contributed by atoms with Crippen LogP contribution in [-0.4, -0.2) is 18.9 Å². The molecule has 0 fully saturated rings. The van der Waals surface area contributed by atoms with Gasteiger partial charge in [-0.1, -0.05) is 23.7 Å². The first-order valence-electron chi connectivity index (χ1n) is 7.18. The molecule has 0 aromatic heterocycles. The van der Waals surface area contributed by atoms with Crippen molar-refractivity contribution in [3.63, 3.8) is 0 Å². The average Bonchev–Trinajstić information content (AvgIpc) is 2.54. The largest absolute Gasteiger partial charge is 0.495 e. The van der Waals surface area contributed by atoms with Crippen molar-refractivity contribution in [1.82, 2.24) is 0 Å². The Bertz CT molecular complexity index is 770. The van der Waals surface area contributed by atoms with Gasteiger partial charge >= 0.3 is 0 Å². The van der Waals surface area contributed by atoms with Crippen molar-refractivity contribution in [2.45, 2.75) is 6.92 Å². The minimum absolute atomic E-state index is 0.194. The number of methoxy groups -OCH3 is 1. The normalized spacial score (nSPS) is 10.5. The first kappa shape index (κ1) is 17.6. The van der Waals surface area contributed by atoms with Gasteiger partial charge in [0.15, 0.2) is 0 Å². The maximum Gasteiger partial charge on any atom is 0.248 e. The Morgan fingerprint density at radius 2 is 1.79 bits per heavy atom. The van der Waals surface area contributed by atoms with Crippen LogP contribution in [-0.2, 0) is 9.59 Å². The topological polar surface area (TPSA) is 67.4 Å². The van der Waals surface area contributed by atoms with E-state index in [0.29, 0.717) is 22.1 Å². The van der Waals surface area contributed by atoms with Crippen LogP contribution in [0.1, 0.15) is 12.5 Å². The second kappa shape index (κ2) is 8.17. The number of ether oxygens (including phenoxy) is 1. The van der Waals surface area contributed by atoms with E-state index in [1.807, 2.05) is 12.1 Å². The van der Waals surface area contributed by atoms with Crippen LogP contribution in [0.5, 0.6) is 5.75 Å². The number of carbonyl (C=O) groups excluding carboxylic acids is 2. The molecule has 2 N–H and O–H groups in total. The number of rotatable bonds is 5. The van der Waals surface area contributed by atoms with Gasteiger partial charge in [-0.2, -0.15) is 0 Å². The van der Waals surface area contributed by atoms with Gasteiger partial charge in [-0.25, -0.2) is 0 Å². The van der Waals surface area contributed by atoms with Crippen LogP contribution < -0.4 is 15.4 Å². The first-order valence-corrected chi connectivity index (χ1v) is 7.56. The fourth-order valence-electron chi connectivity index (χ4n) is 2.01. The number of hydrogen-bond acceptors (Lipinski definition) is 3. The quantitative estimate of drug-likeness (QED) is 0.807. The summed E-state index contributed by atoms with van der Waals surface area (Å²) in [7, 11) is 1.51. The van der Waals surface area contributed by atoms with Gasteiger partial charge in [0.1, 0.15) is 5.75 Å². The first-order chi connectivity index (χ1) is 11.5. The van der Waals surface area contributed by atoms with Crippen molar-refractivity contribution < 1.29 is 14.3 Å². The highest BCUT2D eigenvalue weighted by Gasteiger charge is 2.07. The Labute approximate surface area is 145 Å². The van der Waals surface area contributed by atoms with Gasteiger partial charge < -0.3 is 15.4 Å². The minimum atomic E-state index is -0.316. The second-order valence-electron chi connectivity index (χ2n) is 4.97. The van der Waals surface area contributed by atoms with Crippen LogP contribution in [0, 0.1) is 0 Å². The van der Waals surface area contributed by atoms with E-state index in [4.69, 9.17) is 16.3 Å². The molecule has 2 rings (SSSR count). The van der Waals surface area contributed by atoms with Gasteiger partial charge in [0.05, 0.1) is 12.8 Å². The molecule has 0 aliphatic carbocycles. The van der Waals surface area contributed by atoms with Gasteiger partial charge in [0.25, 0.3) is 0 Å². The summed E-state index contributed by atoms with van der Waals surface area (Å²) < 4.78 is 5.22. The van der Waals surface area contributed by atoms with E-state index in [2.05, 4.69) is 10.6 Å². The summed E-state index contributed by atoms with van der Waals surface area (Å²) in [6.45, 7) is 1.41. The zero-order chi connectivity index (χ0) is 17.5. The molecule has 0 saturated heterocycles. The van der Waals surface area contributed by atoms with Crippen molar-refractivity contribution in [2.24, 2.45) is 0 Å². The molecule has 6 heteroatoms. The molecule has 0 radical (unpaired) electrons. The monoisotopic (exact) mass is 344 g/mol. The highest BCUT2D eigenvalue weighted by molar-refractivity contribution is 6.30. The molecule has 24 heavy (non-hydrogen) atoms. The van der Waals surface area contributed by atoms with Crippen molar-refractivity contribution in [3.8, 4) is 5.75 Å². The second-order valence-corrected chi connectivity index (χ2v) is 5.41. The predicted octanol–water partition coefficient (Wildman–Crippen LogP) is 3.96. The van der Waals surface area contributed by atoms with E-state index < -0.39 is 0 Å². The summed E-state index contributed by atoms with van der Waals surface area (Å²) in [5.74, 6) is -0.0133. The Kier molecular flexibility index (Phi) is 5.98. The van der Waals surface area contributed by atoms with Crippen LogP contribution in [0.4, 0.5) is 11.4 Å². The Hall–Kier alpha value is -2.79. The Balaban J connectivity index is 2.12. The zero-order valence-corrected chi connectivity index (χ0v) is 14.1. The third kappa shape index (κ3) is 5.14. The molecular formula is C18H17ClN2O3. The van der Waals surface area contributed by atoms with Crippen molar-refractivity contribution >= 4 is 40.9 Å². The van der Waals surface area contributed by atoms with E-state index >= 15 is 0 Å². The van der Waals surface area contributed by atoms with E-state index in [1.165, 1.54) is 20.1 Å². The number of amides is 2. The maximum absolute atomic E-state index is 12.1. The maximum atomic E-state index is 12.1. The zero-order valence-electron chi connectivity index (χ0n) is 13.3. The fraction of sp³-hybridized carbons (Fsp3) is 0.111. The van der Waals surface area contributed by atoms with Crippen LogP contribution in [0.2, 0.25) is 5.02 Å².